The van der Waals surface area contributed by atoms with Crippen molar-refractivity contribution >= 4 is 22.8 Å². The first-order valence-electron chi connectivity index (χ1n) is 4.52. The molecule has 14 heavy (non-hydrogen) atoms. The quantitative estimate of drug-likeness (QED) is 0.676. The predicted octanol–water partition coefficient (Wildman–Crippen LogP) is 2.58. The molecular formula is C10H12ClN3. The van der Waals surface area contributed by atoms with Crippen LogP contribution in [0, 0.1) is 6.92 Å². The molecule has 0 aliphatic rings. The average Bonchev–Trinajstić information content (AvgIpc) is 2.43. The van der Waals surface area contributed by atoms with E-state index in [0.29, 0.717) is 0 Å². The summed E-state index contributed by atoms with van der Waals surface area (Å²) in [4.78, 5) is 8.77. The van der Waals surface area contributed by atoms with Crippen LogP contribution in [0.25, 0.3) is 11.2 Å². The molecule has 0 aromatic carbocycles. The summed E-state index contributed by atoms with van der Waals surface area (Å²) >= 11 is 6.01. The van der Waals surface area contributed by atoms with Gasteiger partial charge in [0.2, 0.25) is 0 Å². The zero-order valence-electron chi connectivity index (χ0n) is 8.45. The first-order chi connectivity index (χ1) is 6.59. The van der Waals surface area contributed by atoms with E-state index in [1.165, 1.54) is 0 Å². The maximum absolute atomic E-state index is 6.01. The summed E-state index contributed by atoms with van der Waals surface area (Å²) < 4.78 is 1.94. The van der Waals surface area contributed by atoms with Crippen LogP contribution in [0.5, 0.6) is 0 Å². The number of aryl methyl sites for hydroxylation is 2. The third kappa shape index (κ3) is 1.38. The standard InChI is InChI=1S/C10H12ClN3/c1-6-4-8-10(12-5-6)14(3)9(13-8)7(2)11/h4-5,7H,1-3H3. The van der Waals surface area contributed by atoms with Gasteiger partial charge in [-0.2, -0.15) is 0 Å². The summed E-state index contributed by atoms with van der Waals surface area (Å²) in [5.74, 6) is 0.861. The summed E-state index contributed by atoms with van der Waals surface area (Å²) in [5.41, 5.74) is 2.91. The number of rotatable bonds is 1. The van der Waals surface area contributed by atoms with Crippen molar-refractivity contribution < 1.29 is 0 Å². The third-order valence-corrected chi connectivity index (χ3v) is 2.43. The molecular weight excluding hydrogens is 198 g/mol. The predicted molar refractivity (Wildman–Crippen MR) is 57.5 cm³/mol. The molecule has 74 valence electrons. The molecule has 2 heterocycles. The van der Waals surface area contributed by atoms with Gasteiger partial charge in [-0.05, 0) is 25.5 Å². The molecule has 0 N–H and O–H groups in total. The molecule has 2 aromatic rings. The molecule has 0 saturated carbocycles. The molecule has 0 bridgehead atoms. The molecule has 2 rings (SSSR count). The minimum atomic E-state index is -0.0884. The van der Waals surface area contributed by atoms with Crippen molar-refractivity contribution in [3.05, 3.63) is 23.7 Å². The van der Waals surface area contributed by atoms with Gasteiger partial charge in [-0.15, -0.1) is 11.6 Å². The smallest absolute Gasteiger partial charge is 0.159 e. The second kappa shape index (κ2) is 3.24. The van der Waals surface area contributed by atoms with Crippen LogP contribution >= 0.6 is 11.6 Å². The Hall–Kier alpha value is -1.09. The number of imidazole rings is 1. The SMILES string of the molecule is Cc1cnc2c(c1)nc(C(C)Cl)n2C. The van der Waals surface area contributed by atoms with Crippen LogP contribution in [0.4, 0.5) is 0 Å². The van der Waals surface area contributed by atoms with Crippen molar-refractivity contribution in [3.63, 3.8) is 0 Å². The maximum atomic E-state index is 6.01. The Labute approximate surface area is 87.7 Å². The van der Waals surface area contributed by atoms with E-state index >= 15 is 0 Å². The van der Waals surface area contributed by atoms with Crippen LogP contribution in [-0.4, -0.2) is 14.5 Å². The van der Waals surface area contributed by atoms with Gasteiger partial charge in [0.1, 0.15) is 11.3 Å². The lowest BCUT2D eigenvalue weighted by molar-refractivity contribution is 0.805. The first kappa shape index (κ1) is 9.46. The normalized spacial score (nSPS) is 13.4. The molecule has 0 amide bonds. The number of hydrogen-bond donors (Lipinski definition) is 0. The van der Waals surface area contributed by atoms with Gasteiger partial charge in [0.25, 0.3) is 0 Å². The van der Waals surface area contributed by atoms with Crippen LogP contribution in [0.3, 0.4) is 0 Å². The van der Waals surface area contributed by atoms with Crippen molar-refractivity contribution in [1.82, 2.24) is 14.5 Å². The molecule has 2 aromatic heterocycles. The Bertz CT molecular complexity index is 473. The van der Waals surface area contributed by atoms with E-state index in [1.807, 2.05) is 37.7 Å². The molecule has 3 nitrogen and oxygen atoms in total. The number of alkyl halides is 1. The molecule has 0 fully saturated rings. The Morgan fingerprint density at radius 2 is 2.21 bits per heavy atom. The summed E-state index contributed by atoms with van der Waals surface area (Å²) in [6.45, 7) is 3.92. The van der Waals surface area contributed by atoms with Gasteiger partial charge < -0.3 is 4.57 Å². The van der Waals surface area contributed by atoms with Gasteiger partial charge in [0.15, 0.2) is 5.65 Å². The lowest BCUT2D eigenvalue weighted by atomic mass is 10.3. The molecule has 0 saturated heterocycles. The third-order valence-electron chi connectivity index (χ3n) is 2.24. The lowest BCUT2D eigenvalue weighted by Gasteiger charge is -2.01. The fourth-order valence-electron chi connectivity index (χ4n) is 1.55. The van der Waals surface area contributed by atoms with E-state index in [2.05, 4.69) is 9.97 Å². The summed E-state index contributed by atoms with van der Waals surface area (Å²) in [7, 11) is 1.94. The Balaban J connectivity index is 2.73. The lowest BCUT2D eigenvalue weighted by Crippen LogP contribution is -1.98. The minimum Gasteiger partial charge on any atom is -0.315 e. The second-order valence-electron chi connectivity index (χ2n) is 3.50. The van der Waals surface area contributed by atoms with Crippen molar-refractivity contribution in [1.29, 1.82) is 0 Å². The van der Waals surface area contributed by atoms with E-state index in [0.717, 1.165) is 22.6 Å². The minimum absolute atomic E-state index is 0.0884. The zero-order chi connectivity index (χ0) is 10.3. The highest BCUT2D eigenvalue weighted by Gasteiger charge is 2.12. The van der Waals surface area contributed by atoms with Gasteiger partial charge in [-0.3, -0.25) is 0 Å². The average molecular weight is 210 g/mol. The molecule has 0 aliphatic carbocycles. The Kier molecular flexibility index (Phi) is 2.19. The fourth-order valence-corrected chi connectivity index (χ4v) is 1.75. The fraction of sp³-hybridized carbons (Fsp3) is 0.400. The van der Waals surface area contributed by atoms with Crippen molar-refractivity contribution in [2.75, 3.05) is 0 Å². The molecule has 1 atom stereocenters. The summed E-state index contributed by atoms with van der Waals surface area (Å²) in [5, 5.41) is -0.0884. The Morgan fingerprint density at radius 1 is 1.50 bits per heavy atom. The van der Waals surface area contributed by atoms with Crippen molar-refractivity contribution in [2.24, 2.45) is 7.05 Å². The molecule has 1 unspecified atom stereocenters. The number of nitrogens with zero attached hydrogens (tertiary/aromatic N) is 3. The van der Waals surface area contributed by atoms with Gasteiger partial charge in [0.05, 0.1) is 5.38 Å². The zero-order valence-corrected chi connectivity index (χ0v) is 9.21. The molecule has 4 heteroatoms. The van der Waals surface area contributed by atoms with Crippen LogP contribution in [-0.2, 0) is 7.05 Å². The van der Waals surface area contributed by atoms with Crippen LogP contribution < -0.4 is 0 Å². The topological polar surface area (TPSA) is 30.7 Å². The first-order valence-corrected chi connectivity index (χ1v) is 4.96. The van der Waals surface area contributed by atoms with E-state index in [4.69, 9.17) is 11.6 Å². The summed E-state index contributed by atoms with van der Waals surface area (Å²) in [6.07, 6.45) is 1.84. The highest BCUT2D eigenvalue weighted by Crippen LogP contribution is 2.22. The van der Waals surface area contributed by atoms with E-state index in [9.17, 15) is 0 Å². The van der Waals surface area contributed by atoms with Crippen molar-refractivity contribution in [2.45, 2.75) is 19.2 Å². The Morgan fingerprint density at radius 3 is 2.86 bits per heavy atom. The van der Waals surface area contributed by atoms with Gasteiger partial charge in [-0.25, -0.2) is 9.97 Å². The monoisotopic (exact) mass is 209 g/mol. The number of hydrogen-bond acceptors (Lipinski definition) is 2. The van der Waals surface area contributed by atoms with E-state index < -0.39 is 0 Å². The highest BCUT2D eigenvalue weighted by molar-refractivity contribution is 6.20. The molecule has 0 aliphatic heterocycles. The summed E-state index contributed by atoms with van der Waals surface area (Å²) in [6, 6.07) is 2.02. The van der Waals surface area contributed by atoms with E-state index in [-0.39, 0.29) is 5.38 Å². The number of aromatic nitrogens is 3. The van der Waals surface area contributed by atoms with Crippen LogP contribution in [0.15, 0.2) is 12.3 Å². The van der Waals surface area contributed by atoms with E-state index in [1.54, 1.807) is 0 Å². The molecule has 0 radical (unpaired) electrons. The second-order valence-corrected chi connectivity index (χ2v) is 4.16. The van der Waals surface area contributed by atoms with Gasteiger partial charge in [0, 0.05) is 13.2 Å². The van der Waals surface area contributed by atoms with Gasteiger partial charge in [-0.1, -0.05) is 0 Å². The number of halogens is 1. The maximum Gasteiger partial charge on any atom is 0.159 e. The van der Waals surface area contributed by atoms with Crippen LogP contribution in [0.1, 0.15) is 23.7 Å². The number of fused-ring (bicyclic) bond motifs is 1. The van der Waals surface area contributed by atoms with Crippen LogP contribution in [0.2, 0.25) is 0 Å². The highest BCUT2D eigenvalue weighted by atomic mass is 35.5. The van der Waals surface area contributed by atoms with Gasteiger partial charge >= 0.3 is 0 Å². The molecule has 0 spiro atoms. The largest absolute Gasteiger partial charge is 0.315 e. The number of pyridine rings is 1. The van der Waals surface area contributed by atoms with Crippen molar-refractivity contribution in [3.8, 4) is 0 Å².